The van der Waals surface area contributed by atoms with Gasteiger partial charge in [0.25, 0.3) is 0 Å². The van der Waals surface area contributed by atoms with E-state index in [9.17, 15) is 0 Å². The predicted molar refractivity (Wildman–Crippen MR) is 60.5 cm³/mol. The Labute approximate surface area is 84.1 Å². The molecule has 3 unspecified atom stereocenters. The zero-order chi connectivity index (χ0) is 10.3. The van der Waals surface area contributed by atoms with E-state index in [0.29, 0.717) is 5.92 Å². The monoisotopic (exact) mass is 180 g/mol. The molecular formula is C13H24. The first-order valence-electron chi connectivity index (χ1n) is 5.55. The first-order chi connectivity index (χ1) is 6.11. The largest absolute Gasteiger partial charge is 0.120 e. The van der Waals surface area contributed by atoms with Crippen LogP contribution in [0.25, 0.3) is 0 Å². The zero-order valence-electron chi connectivity index (χ0n) is 9.64. The summed E-state index contributed by atoms with van der Waals surface area (Å²) in [6, 6.07) is 0. The summed E-state index contributed by atoms with van der Waals surface area (Å²) >= 11 is 0. The van der Waals surface area contributed by atoms with E-state index in [4.69, 9.17) is 6.42 Å². The second kappa shape index (κ2) is 7.01. The third-order valence-corrected chi connectivity index (χ3v) is 2.96. The van der Waals surface area contributed by atoms with E-state index in [1.165, 1.54) is 19.3 Å². The van der Waals surface area contributed by atoms with Gasteiger partial charge in [-0.2, -0.15) is 0 Å². The maximum atomic E-state index is 5.29. The summed E-state index contributed by atoms with van der Waals surface area (Å²) in [4.78, 5) is 0. The van der Waals surface area contributed by atoms with Gasteiger partial charge in [-0.3, -0.25) is 0 Å². The standard InChI is InChI=1S/C13H24/c1-6-8-11(3)10-13(5)12(4)9-7-2/h1,11-13H,7-10H2,2-5H3. The molecule has 0 saturated carbocycles. The molecule has 0 aromatic heterocycles. The highest BCUT2D eigenvalue weighted by Crippen LogP contribution is 2.24. The smallest absolute Gasteiger partial charge is 0.0112 e. The van der Waals surface area contributed by atoms with Crippen molar-refractivity contribution in [2.45, 2.75) is 53.4 Å². The molecule has 13 heavy (non-hydrogen) atoms. The zero-order valence-corrected chi connectivity index (χ0v) is 9.64. The fraction of sp³-hybridized carbons (Fsp3) is 0.846. The lowest BCUT2D eigenvalue weighted by Gasteiger charge is -2.21. The van der Waals surface area contributed by atoms with Crippen molar-refractivity contribution in [1.82, 2.24) is 0 Å². The Hall–Kier alpha value is -0.440. The molecular weight excluding hydrogens is 156 g/mol. The van der Waals surface area contributed by atoms with E-state index in [1.54, 1.807) is 0 Å². The molecule has 0 aliphatic heterocycles. The van der Waals surface area contributed by atoms with Crippen molar-refractivity contribution in [2.24, 2.45) is 17.8 Å². The molecule has 0 aliphatic carbocycles. The molecule has 0 bridgehead atoms. The van der Waals surface area contributed by atoms with Gasteiger partial charge in [0.15, 0.2) is 0 Å². The van der Waals surface area contributed by atoms with Crippen LogP contribution in [0.2, 0.25) is 0 Å². The second-order valence-electron chi connectivity index (χ2n) is 4.49. The van der Waals surface area contributed by atoms with Crippen LogP contribution in [0.4, 0.5) is 0 Å². The summed E-state index contributed by atoms with van der Waals surface area (Å²) in [5.41, 5.74) is 0. The van der Waals surface area contributed by atoms with Crippen LogP contribution in [0.1, 0.15) is 53.4 Å². The molecule has 0 aromatic carbocycles. The Morgan fingerprint density at radius 3 is 2.23 bits per heavy atom. The molecule has 3 atom stereocenters. The van der Waals surface area contributed by atoms with Gasteiger partial charge in [-0.15, -0.1) is 12.3 Å². The Kier molecular flexibility index (Phi) is 6.77. The van der Waals surface area contributed by atoms with Crippen LogP contribution >= 0.6 is 0 Å². The van der Waals surface area contributed by atoms with E-state index in [1.807, 2.05) is 0 Å². The highest BCUT2D eigenvalue weighted by atomic mass is 14.2. The van der Waals surface area contributed by atoms with Crippen molar-refractivity contribution in [1.29, 1.82) is 0 Å². The van der Waals surface area contributed by atoms with Gasteiger partial charge in [0.05, 0.1) is 0 Å². The molecule has 0 rings (SSSR count). The predicted octanol–water partition coefficient (Wildman–Crippen LogP) is 4.11. The normalized spacial score (nSPS) is 17.5. The highest BCUT2D eigenvalue weighted by Gasteiger charge is 2.13. The van der Waals surface area contributed by atoms with Crippen LogP contribution in [-0.4, -0.2) is 0 Å². The van der Waals surface area contributed by atoms with Gasteiger partial charge in [0, 0.05) is 6.42 Å². The van der Waals surface area contributed by atoms with Gasteiger partial charge in [-0.05, 0) is 24.2 Å². The van der Waals surface area contributed by atoms with Crippen LogP contribution in [-0.2, 0) is 0 Å². The molecule has 0 N–H and O–H groups in total. The van der Waals surface area contributed by atoms with Crippen LogP contribution < -0.4 is 0 Å². The molecule has 76 valence electrons. The van der Waals surface area contributed by atoms with Crippen molar-refractivity contribution in [2.75, 3.05) is 0 Å². The summed E-state index contributed by atoms with van der Waals surface area (Å²) in [7, 11) is 0. The third-order valence-electron chi connectivity index (χ3n) is 2.96. The topological polar surface area (TPSA) is 0 Å². The molecule has 0 spiro atoms. The molecule has 0 radical (unpaired) electrons. The van der Waals surface area contributed by atoms with E-state index in [2.05, 4.69) is 33.6 Å². The SMILES string of the molecule is C#CCC(C)CC(C)C(C)CCC. The van der Waals surface area contributed by atoms with E-state index >= 15 is 0 Å². The summed E-state index contributed by atoms with van der Waals surface area (Å²) < 4.78 is 0. The molecule has 0 amide bonds. The van der Waals surface area contributed by atoms with E-state index < -0.39 is 0 Å². The van der Waals surface area contributed by atoms with Crippen LogP contribution in [0.5, 0.6) is 0 Å². The van der Waals surface area contributed by atoms with Crippen LogP contribution in [0, 0.1) is 30.1 Å². The molecule has 0 heteroatoms. The van der Waals surface area contributed by atoms with Gasteiger partial charge in [-0.25, -0.2) is 0 Å². The highest BCUT2D eigenvalue weighted by molar-refractivity contribution is 4.86. The Bertz CT molecular complexity index is 152. The van der Waals surface area contributed by atoms with Crippen LogP contribution in [0.15, 0.2) is 0 Å². The maximum absolute atomic E-state index is 5.29. The molecule has 0 fully saturated rings. The number of hydrogen-bond acceptors (Lipinski definition) is 0. The number of terminal acetylenes is 1. The van der Waals surface area contributed by atoms with E-state index in [0.717, 1.165) is 18.3 Å². The number of hydrogen-bond donors (Lipinski definition) is 0. The summed E-state index contributed by atoms with van der Waals surface area (Å²) in [5.74, 6) is 5.11. The molecule has 0 aliphatic rings. The van der Waals surface area contributed by atoms with Crippen molar-refractivity contribution in [3.63, 3.8) is 0 Å². The van der Waals surface area contributed by atoms with Crippen molar-refractivity contribution < 1.29 is 0 Å². The first-order valence-corrected chi connectivity index (χ1v) is 5.55. The minimum Gasteiger partial charge on any atom is -0.120 e. The molecule has 0 nitrogen and oxygen atoms in total. The van der Waals surface area contributed by atoms with Crippen molar-refractivity contribution >= 4 is 0 Å². The van der Waals surface area contributed by atoms with Crippen molar-refractivity contribution in [3.8, 4) is 12.3 Å². The lowest BCUT2D eigenvalue weighted by Crippen LogP contribution is -2.11. The van der Waals surface area contributed by atoms with Gasteiger partial charge in [-0.1, -0.05) is 40.5 Å². The lowest BCUT2D eigenvalue weighted by atomic mass is 9.84. The fourth-order valence-electron chi connectivity index (χ4n) is 1.89. The Morgan fingerprint density at radius 1 is 1.15 bits per heavy atom. The maximum Gasteiger partial charge on any atom is 0.0112 e. The summed E-state index contributed by atoms with van der Waals surface area (Å²) in [5, 5.41) is 0. The third kappa shape index (κ3) is 5.75. The molecule has 0 aromatic rings. The van der Waals surface area contributed by atoms with Gasteiger partial charge in [0.2, 0.25) is 0 Å². The van der Waals surface area contributed by atoms with Gasteiger partial charge in [0.1, 0.15) is 0 Å². The lowest BCUT2D eigenvalue weighted by molar-refractivity contribution is 0.300. The minimum atomic E-state index is 0.694. The second-order valence-corrected chi connectivity index (χ2v) is 4.49. The Balaban J connectivity index is 3.72. The summed E-state index contributed by atoms with van der Waals surface area (Å²) in [6.45, 7) is 9.23. The average Bonchev–Trinajstić information content (AvgIpc) is 2.05. The number of rotatable bonds is 6. The van der Waals surface area contributed by atoms with Gasteiger partial charge >= 0.3 is 0 Å². The molecule has 0 heterocycles. The summed E-state index contributed by atoms with van der Waals surface area (Å²) in [6.07, 6.45) is 10.2. The van der Waals surface area contributed by atoms with Gasteiger partial charge < -0.3 is 0 Å². The van der Waals surface area contributed by atoms with E-state index in [-0.39, 0.29) is 0 Å². The first kappa shape index (κ1) is 12.6. The minimum absolute atomic E-state index is 0.694. The van der Waals surface area contributed by atoms with Crippen LogP contribution in [0.3, 0.4) is 0 Å². The molecule has 0 saturated heterocycles. The average molecular weight is 180 g/mol. The Morgan fingerprint density at radius 2 is 1.77 bits per heavy atom. The van der Waals surface area contributed by atoms with Crippen molar-refractivity contribution in [3.05, 3.63) is 0 Å². The fourth-order valence-corrected chi connectivity index (χ4v) is 1.89. The quantitative estimate of drug-likeness (QED) is 0.540.